The quantitative estimate of drug-likeness (QED) is 0.773. The number of quaternary nitrogens is 1. The van der Waals surface area contributed by atoms with E-state index >= 15 is 0 Å². The zero-order valence-corrected chi connectivity index (χ0v) is 14.4. The van der Waals surface area contributed by atoms with E-state index in [9.17, 15) is 9.18 Å². The first-order valence-electron chi connectivity index (χ1n) is 8.77. The largest absolute Gasteiger partial charge is 0.492 e. The van der Waals surface area contributed by atoms with Crippen molar-refractivity contribution in [1.29, 1.82) is 0 Å². The number of carbonyl (C=O) groups is 1. The van der Waals surface area contributed by atoms with Crippen LogP contribution in [0.4, 0.5) is 10.1 Å². The van der Waals surface area contributed by atoms with Crippen LogP contribution in [-0.2, 0) is 11.3 Å². The van der Waals surface area contributed by atoms with Crippen LogP contribution >= 0.6 is 0 Å². The third-order valence-corrected chi connectivity index (χ3v) is 4.38. The van der Waals surface area contributed by atoms with E-state index in [1.807, 2.05) is 37.3 Å². The lowest BCUT2D eigenvalue weighted by Crippen LogP contribution is -3.13. The molecule has 1 atom stereocenters. The van der Waals surface area contributed by atoms with Crippen molar-refractivity contribution in [3.05, 3.63) is 59.9 Å². The molecule has 0 bridgehead atoms. The van der Waals surface area contributed by atoms with Gasteiger partial charge in [0.25, 0.3) is 5.91 Å². The summed E-state index contributed by atoms with van der Waals surface area (Å²) in [6.45, 7) is 3.29. The van der Waals surface area contributed by atoms with Gasteiger partial charge in [-0.25, -0.2) is 4.39 Å². The van der Waals surface area contributed by atoms with Crippen LogP contribution in [0.2, 0.25) is 0 Å². The van der Waals surface area contributed by atoms with Crippen molar-refractivity contribution in [1.82, 2.24) is 0 Å². The van der Waals surface area contributed by atoms with Crippen LogP contribution in [0.3, 0.4) is 0 Å². The topological polar surface area (TPSA) is 42.8 Å². The minimum absolute atomic E-state index is 0.0783. The molecule has 2 aromatic rings. The van der Waals surface area contributed by atoms with E-state index in [-0.39, 0.29) is 11.7 Å². The second kappa shape index (κ2) is 8.12. The first kappa shape index (κ1) is 17.4. The fourth-order valence-electron chi connectivity index (χ4n) is 2.98. The van der Waals surface area contributed by atoms with Crippen molar-refractivity contribution >= 4 is 11.6 Å². The van der Waals surface area contributed by atoms with Gasteiger partial charge in [-0.05, 0) is 25.1 Å². The highest BCUT2D eigenvalue weighted by Gasteiger charge is 2.35. The Hall–Kier alpha value is -2.40. The fraction of sp³-hybridized carbons (Fsp3) is 0.350. The summed E-state index contributed by atoms with van der Waals surface area (Å²) in [5.41, 5.74) is 1.34. The molecule has 0 heterocycles. The molecule has 1 saturated carbocycles. The van der Waals surface area contributed by atoms with Gasteiger partial charge >= 0.3 is 0 Å². The van der Waals surface area contributed by atoms with Gasteiger partial charge in [0, 0.05) is 18.4 Å². The summed E-state index contributed by atoms with van der Waals surface area (Å²) in [5.74, 6) is 0.383. The van der Waals surface area contributed by atoms with E-state index in [1.54, 1.807) is 12.1 Å². The number of ether oxygens (including phenoxy) is 1. The number of hydrogen-bond acceptors (Lipinski definition) is 2. The smallest absolute Gasteiger partial charge is 0.279 e. The second-order valence-electron chi connectivity index (χ2n) is 6.35. The second-order valence-corrected chi connectivity index (χ2v) is 6.35. The van der Waals surface area contributed by atoms with Crippen LogP contribution in [0.25, 0.3) is 0 Å². The summed E-state index contributed by atoms with van der Waals surface area (Å²) < 4.78 is 19.5. The SMILES string of the molecule is CCOc1ccccc1NC(=O)C[NH+](Cc1ccccc1F)C1CC1. The number of anilines is 1. The summed E-state index contributed by atoms with van der Waals surface area (Å²) >= 11 is 0. The number of hydrogen-bond donors (Lipinski definition) is 2. The van der Waals surface area contributed by atoms with Crippen molar-refractivity contribution in [2.24, 2.45) is 0 Å². The maximum atomic E-state index is 13.9. The average molecular weight is 343 g/mol. The lowest BCUT2D eigenvalue weighted by atomic mass is 10.2. The molecular formula is C20H24FN2O2+. The van der Waals surface area contributed by atoms with Crippen molar-refractivity contribution in [3.8, 4) is 5.75 Å². The Kier molecular flexibility index (Phi) is 5.66. The normalized spacial score (nSPS) is 14.8. The molecule has 0 spiro atoms. The van der Waals surface area contributed by atoms with Crippen molar-refractivity contribution in [2.45, 2.75) is 32.4 Å². The Morgan fingerprint density at radius 2 is 1.92 bits per heavy atom. The van der Waals surface area contributed by atoms with E-state index in [0.29, 0.717) is 42.7 Å². The van der Waals surface area contributed by atoms with Crippen LogP contribution in [0, 0.1) is 5.82 Å². The molecule has 0 aromatic heterocycles. The van der Waals surface area contributed by atoms with Gasteiger partial charge < -0.3 is 15.0 Å². The standard InChI is InChI=1S/C20H23FN2O2/c1-2-25-19-10-6-5-9-18(19)22-20(24)14-23(16-11-12-16)13-15-7-3-4-8-17(15)21/h3-10,16H,2,11-14H2,1H3,(H,22,24)/p+1. The predicted octanol–water partition coefficient (Wildman–Crippen LogP) is 2.41. The van der Waals surface area contributed by atoms with Gasteiger partial charge in [-0.15, -0.1) is 0 Å². The molecule has 2 N–H and O–H groups in total. The highest BCUT2D eigenvalue weighted by molar-refractivity contribution is 5.92. The van der Waals surface area contributed by atoms with Gasteiger partial charge in [0.05, 0.1) is 18.3 Å². The van der Waals surface area contributed by atoms with Crippen molar-refractivity contribution < 1.29 is 18.8 Å². The molecule has 1 fully saturated rings. The molecule has 25 heavy (non-hydrogen) atoms. The van der Waals surface area contributed by atoms with Crippen LogP contribution in [0.5, 0.6) is 5.75 Å². The van der Waals surface area contributed by atoms with Crippen LogP contribution in [-0.4, -0.2) is 25.1 Å². The average Bonchev–Trinajstić information content (AvgIpc) is 3.43. The molecule has 132 valence electrons. The van der Waals surface area contributed by atoms with Crippen LogP contribution < -0.4 is 15.0 Å². The molecule has 1 unspecified atom stereocenters. The molecule has 0 saturated heterocycles. The minimum Gasteiger partial charge on any atom is -0.492 e. The zero-order valence-electron chi connectivity index (χ0n) is 14.4. The molecule has 2 aromatic carbocycles. The molecule has 1 aliphatic rings. The maximum Gasteiger partial charge on any atom is 0.279 e. The highest BCUT2D eigenvalue weighted by Crippen LogP contribution is 2.23. The molecular weight excluding hydrogens is 319 g/mol. The number of benzene rings is 2. The third-order valence-electron chi connectivity index (χ3n) is 4.38. The van der Waals surface area contributed by atoms with E-state index in [2.05, 4.69) is 5.32 Å². The van der Waals surface area contributed by atoms with Gasteiger partial charge in [0.2, 0.25) is 0 Å². The van der Waals surface area contributed by atoms with E-state index in [1.165, 1.54) is 6.07 Å². The Morgan fingerprint density at radius 3 is 2.64 bits per heavy atom. The molecule has 0 aliphatic heterocycles. The predicted molar refractivity (Wildman–Crippen MR) is 95.2 cm³/mol. The van der Waals surface area contributed by atoms with Gasteiger partial charge in [0.1, 0.15) is 18.1 Å². The summed E-state index contributed by atoms with van der Waals surface area (Å²) in [6.07, 6.45) is 2.18. The van der Waals surface area contributed by atoms with Crippen molar-refractivity contribution in [3.63, 3.8) is 0 Å². The Bertz CT molecular complexity index is 731. The molecule has 5 heteroatoms. The van der Waals surface area contributed by atoms with E-state index < -0.39 is 0 Å². The van der Waals surface area contributed by atoms with E-state index in [4.69, 9.17) is 4.74 Å². The molecule has 1 amide bonds. The molecule has 1 aliphatic carbocycles. The third kappa shape index (κ3) is 4.79. The Labute approximate surface area is 147 Å². The monoisotopic (exact) mass is 343 g/mol. The summed E-state index contributed by atoms with van der Waals surface area (Å²) in [5, 5.41) is 2.93. The Balaban J connectivity index is 1.65. The molecule has 4 nitrogen and oxygen atoms in total. The highest BCUT2D eigenvalue weighted by atomic mass is 19.1. The van der Waals surface area contributed by atoms with Crippen LogP contribution in [0.1, 0.15) is 25.3 Å². The maximum absolute atomic E-state index is 13.9. The number of amides is 1. The fourth-order valence-corrected chi connectivity index (χ4v) is 2.98. The number of rotatable bonds is 8. The van der Waals surface area contributed by atoms with Crippen molar-refractivity contribution in [2.75, 3.05) is 18.5 Å². The first-order valence-corrected chi connectivity index (χ1v) is 8.77. The summed E-state index contributed by atoms with van der Waals surface area (Å²) in [7, 11) is 0. The number of carbonyl (C=O) groups excluding carboxylic acids is 1. The lowest BCUT2D eigenvalue weighted by molar-refractivity contribution is -0.917. The summed E-state index contributed by atoms with van der Waals surface area (Å²) in [6, 6.07) is 14.6. The Morgan fingerprint density at radius 1 is 1.20 bits per heavy atom. The number of halogens is 1. The molecule has 3 rings (SSSR count). The zero-order chi connectivity index (χ0) is 17.6. The molecule has 0 radical (unpaired) electrons. The summed E-state index contributed by atoms with van der Waals surface area (Å²) in [4.78, 5) is 13.6. The van der Waals surface area contributed by atoms with Gasteiger partial charge in [-0.3, -0.25) is 4.79 Å². The van der Waals surface area contributed by atoms with Gasteiger partial charge in [-0.1, -0.05) is 30.3 Å². The van der Waals surface area contributed by atoms with Crippen LogP contribution in [0.15, 0.2) is 48.5 Å². The minimum atomic E-state index is -0.206. The number of para-hydroxylation sites is 2. The first-order chi connectivity index (χ1) is 12.2. The number of nitrogens with one attached hydrogen (secondary N) is 2. The lowest BCUT2D eigenvalue weighted by Gasteiger charge is -2.19. The van der Waals surface area contributed by atoms with E-state index in [0.717, 1.165) is 17.7 Å². The van der Waals surface area contributed by atoms with Gasteiger partial charge in [0.15, 0.2) is 6.54 Å². The van der Waals surface area contributed by atoms with Gasteiger partial charge in [-0.2, -0.15) is 0 Å².